The summed E-state index contributed by atoms with van der Waals surface area (Å²) in [6.45, 7) is 2.83. The van der Waals surface area contributed by atoms with Crippen molar-refractivity contribution in [2.75, 3.05) is 13.7 Å². The molecule has 0 radical (unpaired) electrons. The summed E-state index contributed by atoms with van der Waals surface area (Å²) < 4.78 is 11.8. The number of rotatable bonds is 6. The van der Waals surface area contributed by atoms with Gasteiger partial charge in [0.25, 0.3) is 0 Å². The van der Waals surface area contributed by atoms with Gasteiger partial charge in [0.15, 0.2) is 11.5 Å². The standard InChI is InChI=1S/C17H26ClNO2/c1-3-12-5-4-6-15(9-12)21-17-13(7-8-19)10-14(18)11-16(17)20-2/h10-12,15H,3-9,19H2,1-2H3. The van der Waals surface area contributed by atoms with E-state index in [9.17, 15) is 0 Å². The van der Waals surface area contributed by atoms with Crippen molar-refractivity contribution in [3.05, 3.63) is 22.7 Å². The molecule has 0 bridgehead atoms. The fourth-order valence-corrected chi connectivity index (χ4v) is 3.37. The van der Waals surface area contributed by atoms with E-state index in [1.807, 2.05) is 12.1 Å². The monoisotopic (exact) mass is 311 g/mol. The molecule has 2 unspecified atom stereocenters. The van der Waals surface area contributed by atoms with Crippen LogP contribution in [0.4, 0.5) is 0 Å². The van der Waals surface area contributed by atoms with Crippen molar-refractivity contribution >= 4 is 11.6 Å². The Morgan fingerprint density at radius 1 is 1.33 bits per heavy atom. The van der Waals surface area contributed by atoms with Crippen LogP contribution in [0, 0.1) is 5.92 Å². The zero-order chi connectivity index (χ0) is 15.2. The summed E-state index contributed by atoms with van der Waals surface area (Å²) in [6.07, 6.45) is 7.06. The fourth-order valence-electron chi connectivity index (χ4n) is 3.14. The summed E-state index contributed by atoms with van der Waals surface area (Å²) in [5.74, 6) is 2.32. The van der Waals surface area contributed by atoms with E-state index < -0.39 is 0 Å². The van der Waals surface area contributed by atoms with Crippen LogP contribution in [-0.2, 0) is 6.42 Å². The Morgan fingerprint density at radius 2 is 2.14 bits per heavy atom. The van der Waals surface area contributed by atoms with E-state index in [1.165, 1.54) is 19.3 Å². The molecule has 2 N–H and O–H groups in total. The van der Waals surface area contributed by atoms with Crippen LogP contribution in [0.15, 0.2) is 12.1 Å². The largest absolute Gasteiger partial charge is 0.493 e. The molecule has 4 heteroatoms. The minimum Gasteiger partial charge on any atom is -0.493 e. The van der Waals surface area contributed by atoms with Gasteiger partial charge in [-0.15, -0.1) is 0 Å². The van der Waals surface area contributed by atoms with Crippen LogP contribution in [0.5, 0.6) is 11.5 Å². The Balaban J connectivity index is 2.20. The minimum absolute atomic E-state index is 0.273. The van der Waals surface area contributed by atoms with Gasteiger partial charge in [0, 0.05) is 16.7 Å². The molecule has 0 heterocycles. The number of halogens is 1. The van der Waals surface area contributed by atoms with Crippen LogP contribution in [0.25, 0.3) is 0 Å². The van der Waals surface area contributed by atoms with Crippen molar-refractivity contribution in [2.24, 2.45) is 11.7 Å². The number of methoxy groups -OCH3 is 1. The zero-order valence-corrected chi connectivity index (χ0v) is 13.8. The molecule has 1 fully saturated rings. The Hall–Kier alpha value is -0.930. The molecular weight excluding hydrogens is 286 g/mol. The molecule has 1 aliphatic carbocycles. The first-order chi connectivity index (χ1) is 10.2. The Bertz CT molecular complexity index is 464. The highest BCUT2D eigenvalue weighted by atomic mass is 35.5. The molecular formula is C17H26ClNO2. The summed E-state index contributed by atoms with van der Waals surface area (Å²) >= 11 is 6.15. The highest BCUT2D eigenvalue weighted by Gasteiger charge is 2.24. The third-order valence-electron chi connectivity index (χ3n) is 4.33. The van der Waals surface area contributed by atoms with E-state index >= 15 is 0 Å². The lowest BCUT2D eigenvalue weighted by Gasteiger charge is -2.30. The van der Waals surface area contributed by atoms with Gasteiger partial charge < -0.3 is 15.2 Å². The van der Waals surface area contributed by atoms with Crippen molar-refractivity contribution in [1.82, 2.24) is 0 Å². The van der Waals surface area contributed by atoms with Gasteiger partial charge in [-0.3, -0.25) is 0 Å². The molecule has 0 spiro atoms. The maximum atomic E-state index is 6.31. The van der Waals surface area contributed by atoms with E-state index in [4.69, 9.17) is 26.8 Å². The van der Waals surface area contributed by atoms with E-state index in [0.717, 1.165) is 36.5 Å². The van der Waals surface area contributed by atoms with E-state index in [-0.39, 0.29) is 6.10 Å². The maximum Gasteiger partial charge on any atom is 0.164 e. The van der Waals surface area contributed by atoms with Crippen molar-refractivity contribution in [3.63, 3.8) is 0 Å². The molecule has 1 aliphatic rings. The predicted octanol–water partition coefficient (Wildman–Crippen LogP) is 4.20. The molecule has 2 atom stereocenters. The van der Waals surface area contributed by atoms with Crippen molar-refractivity contribution in [1.29, 1.82) is 0 Å². The molecule has 3 nitrogen and oxygen atoms in total. The molecule has 0 amide bonds. The zero-order valence-electron chi connectivity index (χ0n) is 13.0. The number of ether oxygens (including phenoxy) is 2. The Kier molecular flexibility index (Phi) is 6.19. The number of hydrogen-bond acceptors (Lipinski definition) is 3. The summed E-state index contributed by atoms with van der Waals surface area (Å²) in [5.41, 5.74) is 6.75. The van der Waals surface area contributed by atoms with Gasteiger partial charge >= 0.3 is 0 Å². The second-order valence-corrected chi connectivity index (χ2v) is 6.25. The second kappa shape index (κ2) is 7.90. The molecule has 1 saturated carbocycles. The highest BCUT2D eigenvalue weighted by Crippen LogP contribution is 2.38. The average Bonchev–Trinajstić information content (AvgIpc) is 2.50. The topological polar surface area (TPSA) is 44.5 Å². The van der Waals surface area contributed by atoms with E-state index in [0.29, 0.717) is 17.3 Å². The third-order valence-corrected chi connectivity index (χ3v) is 4.54. The summed E-state index contributed by atoms with van der Waals surface area (Å²) in [5, 5.41) is 0.665. The Labute approximate surface area is 132 Å². The first kappa shape index (κ1) is 16.4. The lowest BCUT2D eigenvalue weighted by molar-refractivity contribution is 0.117. The van der Waals surface area contributed by atoms with Gasteiger partial charge in [-0.1, -0.05) is 31.4 Å². The Morgan fingerprint density at radius 3 is 2.81 bits per heavy atom. The first-order valence-electron chi connectivity index (χ1n) is 7.91. The lowest BCUT2D eigenvalue weighted by Crippen LogP contribution is -2.26. The van der Waals surface area contributed by atoms with Crippen LogP contribution >= 0.6 is 11.6 Å². The number of nitrogens with two attached hydrogens (primary N) is 1. The molecule has 21 heavy (non-hydrogen) atoms. The van der Waals surface area contributed by atoms with Gasteiger partial charge in [-0.05, 0) is 44.2 Å². The van der Waals surface area contributed by atoms with Crippen LogP contribution in [0.1, 0.15) is 44.6 Å². The maximum absolute atomic E-state index is 6.31. The van der Waals surface area contributed by atoms with Gasteiger partial charge in [-0.2, -0.15) is 0 Å². The predicted molar refractivity (Wildman–Crippen MR) is 87.4 cm³/mol. The van der Waals surface area contributed by atoms with Gasteiger partial charge in [0.1, 0.15) is 0 Å². The van der Waals surface area contributed by atoms with Crippen LogP contribution in [0.3, 0.4) is 0 Å². The summed E-state index contributed by atoms with van der Waals surface area (Å²) in [6, 6.07) is 3.75. The van der Waals surface area contributed by atoms with Gasteiger partial charge in [-0.25, -0.2) is 0 Å². The van der Waals surface area contributed by atoms with Gasteiger partial charge in [0.05, 0.1) is 13.2 Å². The van der Waals surface area contributed by atoms with E-state index in [2.05, 4.69) is 6.92 Å². The molecule has 0 aromatic heterocycles. The minimum atomic E-state index is 0.273. The first-order valence-corrected chi connectivity index (χ1v) is 8.28. The quantitative estimate of drug-likeness (QED) is 0.856. The van der Waals surface area contributed by atoms with Crippen molar-refractivity contribution in [2.45, 2.75) is 51.6 Å². The number of hydrogen-bond donors (Lipinski definition) is 1. The smallest absolute Gasteiger partial charge is 0.164 e. The molecule has 0 aliphatic heterocycles. The lowest BCUT2D eigenvalue weighted by atomic mass is 9.85. The highest BCUT2D eigenvalue weighted by molar-refractivity contribution is 6.30. The summed E-state index contributed by atoms with van der Waals surface area (Å²) in [7, 11) is 1.65. The average molecular weight is 312 g/mol. The van der Waals surface area contributed by atoms with E-state index in [1.54, 1.807) is 7.11 Å². The molecule has 118 valence electrons. The van der Waals surface area contributed by atoms with Crippen LogP contribution in [-0.4, -0.2) is 19.8 Å². The number of benzene rings is 1. The molecule has 1 aromatic rings. The second-order valence-electron chi connectivity index (χ2n) is 5.82. The van der Waals surface area contributed by atoms with Crippen molar-refractivity contribution in [3.8, 4) is 11.5 Å². The van der Waals surface area contributed by atoms with Crippen molar-refractivity contribution < 1.29 is 9.47 Å². The molecule has 0 saturated heterocycles. The van der Waals surface area contributed by atoms with Gasteiger partial charge in [0.2, 0.25) is 0 Å². The third kappa shape index (κ3) is 4.27. The SMILES string of the molecule is CCC1CCCC(Oc2c(CCN)cc(Cl)cc2OC)C1. The fraction of sp³-hybridized carbons (Fsp3) is 0.647. The van der Waals surface area contributed by atoms with Crippen LogP contribution in [0.2, 0.25) is 5.02 Å². The normalized spacial score (nSPS) is 22.1. The summed E-state index contributed by atoms with van der Waals surface area (Å²) in [4.78, 5) is 0. The molecule has 1 aromatic carbocycles. The van der Waals surface area contributed by atoms with Crippen LogP contribution < -0.4 is 15.2 Å². The molecule has 2 rings (SSSR count).